The quantitative estimate of drug-likeness (QED) is 0.880. The van der Waals surface area contributed by atoms with E-state index in [1.807, 2.05) is 6.92 Å². The third-order valence-corrected chi connectivity index (χ3v) is 4.01. The van der Waals surface area contributed by atoms with Gasteiger partial charge in [0.05, 0.1) is 12.7 Å². The van der Waals surface area contributed by atoms with E-state index in [4.69, 9.17) is 10.5 Å². The molecule has 1 saturated heterocycles. The molecule has 1 aromatic rings. The van der Waals surface area contributed by atoms with E-state index >= 15 is 0 Å². The van der Waals surface area contributed by atoms with E-state index in [-0.39, 0.29) is 23.3 Å². The zero-order chi connectivity index (χ0) is 14.7. The maximum atomic E-state index is 12.6. The molecule has 20 heavy (non-hydrogen) atoms. The van der Waals surface area contributed by atoms with Crippen molar-refractivity contribution in [2.45, 2.75) is 25.8 Å². The van der Waals surface area contributed by atoms with Crippen LogP contribution in [0, 0.1) is 5.92 Å². The van der Waals surface area contributed by atoms with Gasteiger partial charge in [-0.05, 0) is 50.4 Å². The molecule has 5 heteroatoms. The fourth-order valence-electron chi connectivity index (χ4n) is 2.63. The number of aromatic hydroxyl groups is 1. The van der Waals surface area contributed by atoms with Gasteiger partial charge in [-0.25, -0.2) is 0 Å². The van der Waals surface area contributed by atoms with Gasteiger partial charge in [-0.1, -0.05) is 0 Å². The first kappa shape index (κ1) is 14.7. The van der Waals surface area contributed by atoms with Crippen molar-refractivity contribution >= 4 is 5.91 Å². The third-order valence-electron chi connectivity index (χ3n) is 4.01. The number of ether oxygens (including phenoxy) is 1. The molecule has 2 unspecified atom stereocenters. The Morgan fingerprint density at radius 3 is 2.90 bits per heavy atom. The Bertz CT molecular complexity index is 490. The predicted molar refractivity (Wildman–Crippen MR) is 76.9 cm³/mol. The Hall–Kier alpha value is -1.75. The van der Waals surface area contributed by atoms with Crippen LogP contribution in [0.1, 0.15) is 30.1 Å². The molecule has 1 amide bonds. The highest BCUT2D eigenvalue weighted by Crippen LogP contribution is 2.28. The van der Waals surface area contributed by atoms with Gasteiger partial charge in [-0.3, -0.25) is 4.79 Å². The van der Waals surface area contributed by atoms with Gasteiger partial charge in [0.2, 0.25) is 0 Å². The molecule has 1 aliphatic rings. The lowest BCUT2D eigenvalue weighted by atomic mass is 9.93. The van der Waals surface area contributed by atoms with Gasteiger partial charge in [0.25, 0.3) is 5.91 Å². The van der Waals surface area contributed by atoms with Gasteiger partial charge < -0.3 is 20.5 Å². The number of likely N-dealkylation sites (tertiary alicyclic amines) is 1. The topological polar surface area (TPSA) is 75.8 Å². The second-order valence-electron chi connectivity index (χ2n) is 5.37. The summed E-state index contributed by atoms with van der Waals surface area (Å²) in [5.74, 6) is 0.721. The standard InChI is InChI=1S/C15H22N2O3/c1-10-3-4-11(8-16)9-17(10)15(19)13-7-12(20-2)5-6-14(13)18/h5-7,10-11,18H,3-4,8-9,16H2,1-2H3. The van der Waals surface area contributed by atoms with Crippen LogP contribution in [-0.2, 0) is 0 Å². The molecule has 2 rings (SSSR count). The van der Waals surface area contributed by atoms with Crippen LogP contribution in [0.4, 0.5) is 0 Å². The minimum atomic E-state index is -0.160. The number of phenolic OH excluding ortho intramolecular Hbond substituents is 1. The van der Waals surface area contributed by atoms with Crippen molar-refractivity contribution in [3.8, 4) is 11.5 Å². The Labute approximate surface area is 119 Å². The fourth-order valence-corrected chi connectivity index (χ4v) is 2.63. The first-order chi connectivity index (χ1) is 9.56. The molecule has 1 aromatic carbocycles. The van der Waals surface area contributed by atoms with E-state index in [2.05, 4.69) is 0 Å². The van der Waals surface area contributed by atoms with Gasteiger partial charge in [0.1, 0.15) is 11.5 Å². The second-order valence-corrected chi connectivity index (χ2v) is 5.37. The Morgan fingerprint density at radius 1 is 1.50 bits per heavy atom. The molecular formula is C15H22N2O3. The number of phenols is 1. The number of benzene rings is 1. The van der Waals surface area contributed by atoms with E-state index in [0.29, 0.717) is 24.8 Å². The summed E-state index contributed by atoms with van der Waals surface area (Å²) in [4.78, 5) is 14.4. The lowest BCUT2D eigenvalue weighted by Crippen LogP contribution is -2.47. The number of nitrogens with two attached hydrogens (primary N) is 1. The summed E-state index contributed by atoms with van der Waals surface area (Å²) in [5, 5.41) is 9.91. The van der Waals surface area contributed by atoms with Crippen LogP contribution in [0.3, 0.4) is 0 Å². The molecule has 2 atom stereocenters. The highest BCUT2D eigenvalue weighted by atomic mass is 16.5. The van der Waals surface area contributed by atoms with Crippen LogP contribution in [0.15, 0.2) is 18.2 Å². The number of carbonyl (C=O) groups is 1. The van der Waals surface area contributed by atoms with Crippen LogP contribution in [0.5, 0.6) is 11.5 Å². The van der Waals surface area contributed by atoms with Crippen molar-refractivity contribution in [3.05, 3.63) is 23.8 Å². The third kappa shape index (κ3) is 2.88. The number of hydrogen-bond acceptors (Lipinski definition) is 4. The van der Waals surface area contributed by atoms with Crippen molar-refractivity contribution in [1.82, 2.24) is 4.90 Å². The van der Waals surface area contributed by atoms with Crippen LogP contribution in [-0.4, -0.2) is 42.2 Å². The molecule has 110 valence electrons. The Kier molecular flexibility index (Phi) is 4.49. The molecular weight excluding hydrogens is 256 g/mol. The van der Waals surface area contributed by atoms with E-state index < -0.39 is 0 Å². The predicted octanol–water partition coefficient (Wildman–Crippen LogP) is 1.60. The lowest BCUT2D eigenvalue weighted by molar-refractivity contribution is 0.0563. The van der Waals surface area contributed by atoms with Gasteiger partial charge in [0, 0.05) is 12.6 Å². The average molecular weight is 278 g/mol. The van der Waals surface area contributed by atoms with Crippen LogP contribution in [0.2, 0.25) is 0 Å². The molecule has 5 nitrogen and oxygen atoms in total. The van der Waals surface area contributed by atoms with Crippen molar-refractivity contribution < 1.29 is 14.6 Å². The molecule has 0 aromatic heterocycles. The van der Waals surface area contributed by atoms with E-state index in [1.54, 1.807) is 17.0 Å². The molecule has 1 heterocycles. The zero-order valence-electron chi connectivity index (χ0n) is 12.0. The van der Waals surface area contributed by atoms with Gasteiger partial charge in [-0.15, -0.1) is 0 Å². The Morgan fingerprint density at radius 2 is 2.25 bits per heavy atom. The normalized spacial score (nSPS) is 22.6. The molecule has 1 aliphatic heterocycles. The zero-order valence-corrected chi connectivity index (χ0v) is 12.0. The monoisotopic (exact) mass is 278 g/mol. The number of amides is 1. The van der Waals surface area contributed by atoms with Crippen molar-refractivity contribution in [2.75, 3.05) is 20.2 Å². The molecule has 1 fully saturated rings. The number of carbonyl (C=O) groups excluding carboxylic acids is 1. The molecule has 0 bridgehead atoms. The smallest absolute Gasteiger partial charge is 0.257 e. The van der Waals surface area contributed by atoms with Crippen LogP contribution in [0.25, 0.3) is 0 Å². The highest BCUT2D eigenvalue weighted by molar-refractivity contribution is 5.97. The summed E-state index contributed by atoms with van der Waals surface area (Å²) >= 11 is 0. The van der Waals surface area contributed by atoms with Crippen molar-refractivity contribution in [2.24, 2.45) is 11.7 Å². The number of rotatable bonds is 3. The summed E-state index contributed by atoms with van der Waals surface area (Å²) in [5.41, 5.74) is 6.00. The van der Waals surface area contributed by atoms with Crippen molar-refractivity contribution in [3.63, 3.8) is 0 Å². The Balaban J connectivity index is 2.25. The minimum absolute atomic E-state index is 0.0159. The summed E-state index contributed by atoms with van der Waals surface area (Å²) in [7, 11) is 1.54. The molecule has 0 saturated carbocycles. The van der Waals surface area contributed by atoms with E-state index in [0.717, 1.165) is 12.8 Å². The van der Waals surface area contributed by atoms with Gasteiger partial charge in [0.15, 0.2) is 0 Å². The highest BCUT2D eigenvalue weighted by Gasteiger charge is 2.30. The van der Waals surface area contributed by atoms with Crippen LogP contribution >= 0.6 is 0 Å². The summed E-state index contributed by atoms with van der Waals surface area (Å²) in [6, 6.07) is 4.86. The first-order valence-corrected chi connectivity index (χ1v) is 6.94. The molecule has 3 N–H and O–H groups in total. The largest absolute Gasteiger partial charge is 0.507 e. The van der Waals surface area contributed by atoms with Crippen LogP contribution < -0.4 is 10.5 Å². The first-order valence-electron chi connectivity index (χ1n) is 6.94. The molecule has 0 radical (unpaired) electrons. The molecule has 0 spiro atoms. The second kappa shape index (κ2) is 6.13. The summed E-state index contributed by atoms with van der Waals surface area (Å²) in [6.07, 6.45) is 1.99. The van der Waals surface area contributed by atoms with E-state index in [1.165, 1.54) is 13.2 Å². The number of nitrogens with zero attached hydrogens (tertiary/aromatic N) is 1. The molecule has 0 aliphatic carbocycles. The number of piperidine rings is 1. The van der Waals surface area contributed by atoms with Gasteiger partial charge >= 0.3 is 0 Å². The maximum Gasteiger partial charge on any atom is 0.257 e. The van der Waals surface area contributed by atoms with Crippen molar-refractivity contribution in [1.29, 1.82) is 0 Å². The average Bonchev–Trinajstić information content (AvgIpc) is 2.47. The SMILES string of the molecule is COc1ccc(O)c(C(=O)N2CC(CN)CCC2C)c1. The lowest BCUT2D eigenvalue weighted by Gasteiger charge is -2.37. The summed E-state index contributed by atoms with van der Waals surface area (Å²) < 4.78 is 5.11. The fraction of sp³-hybridized carbons (Fsp3) is 0.533. The number of hydrogen-bond donors (Lipinski definition) is 2. The maximum absolute atomic E-state index is 12.6. The van der Waals surface area contributed by atoms with E-state index in [9.17, 15) is 9.90 Å². The minimum Gasteiger partial charge on any atom is -0.507 e. The van der Waals surface area contributed by atoms with Gasteiger partial charge in [-0.2, -0.15) is 0 Å². The summed E-state index contributed by atoms with van der Waals surface area (Å²) in [6.45, 7) is 3.26. The number of methoxy groups -OCH3 is 1.